The van der Waals surface area contributed by atoms with E-state index in [2.05, 4.69) is 15.3 Å². The van der Waals surface area contributed by atoms with Crippen LogP contribution >= 0.6 is 0 Å². The number of hydrogen-bond donors (Lipinski definition) is 1. The molecule has 0 saturated heterocycles. The largest absolute Gasteiger partial charge is 0.494 e. The molecule has 152 valence electrons. The lowest BCUT2D eigenvalue weighted by atomic mass is 10.2. The summed E-state index contributed by atoms with van der Waals surface area (Å²) in [5.41, 5.74) is 0.285. The molecule has 5 nitrogen and oxygen atoms in total. The van der Waals surface area contributed by atoms with Crippen LogP contribution in [0.15, 0.2) is 60.8 Å². The fourth-order valence-corrected chi connectivity index (χ4v) is 2.48. The second-order valence-corrected chi connectivity index (χ2v) is 6.19. The van der Waals surface area contributed by atoms with Crippen molar-refractivity contribution in [3.8, 4) is 11.8 Å². The Morgan fingerprint density at radius 2 is 1.79 bits per heavy atom. The summed E-state index contributed by atoms with van der Waals surface area (Å²) in [7, 11) is 0. The Balaban J connectivity index is 1.83. The van der Waals surface area contributed by atoms with E-state index in [1.807, 2.05) is 37.3 Å². The molecule has 0 fully saturated rings. The van der Waals surface area contributed by atoms with E-state index in [0.29, 0.717) is 24.2 Å². The SMILES string of the molecule is CCCOc1cccc(Nc2nc(OCc3ccccc3)ncc2C(F)(F)F)c1. The van der Waals surface area contributed by atoms with Gasteiger partial charge in [-0.25, -0.2) is 4.98 Å². The first-order valence-electron chi connectivity index (χ1n) is 9.06. The molecule has 1 heterocycles. The lowest BCUT2D eigenvalue weighted by Gasteiger charge is -2.15. The summed E-state index contributed by atoms with van der Waals surface area (Å²) in [4.78, 5) is 7.64. The molecule has 1 aromatic heterocycles. The zero-order valence-electron chi connectivity index (χ0n) is 15.7. The number of alkyl halides is 3. The molecule has 3 aromatic rings. The fraction of sp³-hybridized carbons (Fsp3) is 0.238. The standard InChI is InChI=1S/C21H20F3N3O2/c1-2-11-28-17-10-6-9-16(12-17)26-19-18(21(22,23)24)13-25-20(27-19)29-14-15-7-4-3-5-8-15/h3-10,12-13H,2,11,14H2,1H3,(H,25,26,27). The number of halogens is 3. The van der Waals surface area contributed by atoms with Gasteiger partial charge in [-0.3, -0.25) is 0 Å². The van der Waals surface area contributed by atoms with Crippen molar-refractivity contribution in [2.45, 2.75) is 26.1 Å². The Morgan fingerprint density at radius 3 is 2.52 bits per heavy atom. The molecular formula is C21H20F3N3O2. The smallest absolute Gasteiger partial charge is 0.421 e. The number of benzene rings is 2. The second-order valence-electron chi connectivity index (χ2n) is 6.19. The molecule has 0 aliphatic heterocycles. The van der Waals surface area contributed by atoms with Crippen LogP contribution in [-0.2, 0) is 12.8 Å². The average molecular weight is 403 g/mol. The first kappa shape index (κ1) is 20.4. The predicted octanol–water partition coefficient (Wildman–Crippen LogP) is 5.61. The maximum absolute atomic E-state index is 13.4. The number of anilines is 2. The van der Waals surface area contributed by atoms with Crippen molar-refractivity contribution in [1.82, 2.24) is 9.97 Å². The number of aromatic nitrogens is 2. The normalized spacial score (nSPS) is 11.2. The molecule has 0 bridgehead atoms. The van der Waals surface area contributed by atoms with Crippen LogP contribution in [-0.4, -0.2) is 16.6 Å². The van der Waals surface area contributed by atoms with E-state index in [0.717, 1.165) is 12.0 Å². The minimum atomic E-state index is -4.61. The predicted molar refractivity (Wildman–Crippen MR) is 103 cm³/mol. The fourth-order valence-electron chi connectivity index (χ4n) is 2.48. The molecule has 29 heavy (non-hydrogen) atoms. The van der Waals surface area contributed by atoms with Gasteiger partial charge >= 0.3 is 12.2 Å². The zero-order chi connectivity index (χ0) is 20.7. The van der Waals surface area contributed by atoms with E-state index in [-0.39, 0.29) is 18.4 Å². The molecule has 0 saturated carbocycles. The van der Waals surface area contributed by atoms with Gasteiger partial charge < -0.3 is 14.8 Å². The number of rotatable bonds is 8. The highest BCUT2D eigenvalue weighted by Crippen LogP contribution is 2.35. The monoisotopic (exact) mass is 403 g/mol. The summed E-state index contributed by atoms with van der Waals surface area (Å²) in [5, 5.41) is 2.70. The summed E-state index contributed by atoms with van der Waals surface area (Å²) in [6, 6.07) is 15.7. The molecule has 3 rings (SSSR count). The average Bonchev–Trinajstić information content (AvgIpc) is 2.71. The highest BCUT2D eigenvalue weighted by Gasteiger charge is 2.35. The van der Waals surface area contributed by atoms with E-state index >= 15 is 0 Å². The van der Waals surface area contributed by atoms with Crippen LogP contribution in [0.4, 0.5) is 24.7 Å². The number of nitrogens with zero attached hydrogens (tertiary/aromatic N) is 2. The van der Waals surface area contributed by atoms with E-state index in [1.54, 1.807) is 24.3 Å². The third kappa shape index (κ3) is 5.84. The first-order valence-corrected chi connectivity index (χ1v) is 9.06. The van der Waals surface area contributed by atoms with E-state index in [4.69, 9.17) is 9.47 Å². The van der Waals surface area contributed by atoms with Crippen LogP contribution in [0.5, 0.6) is 11.8 Å². The van der Waals surface area contributed by atoms with Gasteiger partial charge in [-0.1, -0.05) is 43.3 Å². The number of hydrogen-bond acceptors (Lipinski definition) is 5. The van der Waals surface area contributed by atoms with E-state index in [9.17, 15) is 13.2 Å². The molecule has 0 aliphatic rings. The third-order valence-electron chi connectivity index (χ3n) is 3.85. The van der Waals surface area contributed by atoms with E-state index in [1.165, 1.54) is 0 Å². The zero-order valence-corrected chi connectivity index (χ0v) is 15.7. The van der Waals surface area contributed by atoms with Crippen LogP contribution in [0.1, 0.15) is 24.5 Å². The van der Waals surface area contributed by atoms with Crippen molar-refractivity contribution in [3.63, 3.8) is 0 Å². The summed E-state index contributed by atoms with van der Waals surface area (Å²) in [5.74, 6) is 0.170. The van der Waals surface area contributed by atoms with Gasteiger partial charge in [0.25, 0.3) is 0 Å². The Hall–Kier alpha value is -3.29. The maximum Gasteiger partial charge on any atom is 0.421 e. The van der Waals surface area contributed by atoms with Crippen LogP contribution in [0.2, 0.25) is 0 Å². The highest BCUT2D eigenvalue weighted by molar-refractivity contribution is 5.61. The Labute approximate surface area is 166 Å². The Bertz CT molecular complexity index is 934. The molecule has 0 unspecified atom stereocenters. The molecule has 8 heteroatoms. The van der Waals surface area contributed by atoms with Crippen molar-refractivity contribution >= 4 is 11.5 Å². The quantitative estimate of drug-likeness (QED) is 0.530. The lowest BCUT2D eigenvalue weighted by Crippen LogP contribution is -2.12. The highest BCUT2D eigenvalue weighted by atomic mass is 19.4. The summed E-state index contributed by atoms with van der Waals surface area (Å²) < 4.78 is 51.2. The molecule has 2 aromatic carbocycles. The van der Waals surface area contributed by atoms with Crippen LogP contribution in [0.3, 0.4) is 0 Å². The maximum atomic E-state index is 13.4. The summed E-state index contributed by atoms with van der Waals surface area (Å²) in [6.07, 6.45) is -3.08. The summed E-state index contributed by atoms with van der Waals surface area (Å²) in [6.45, 7) is 2.63. The minimum Gasteiger partial charge on any atom is -0.494 e. The van der Waals surface area contributed by atoms with Gasteiger partial charge in [0.1, 0.15) is 23.7 Å². The van der Waals surface area contributed by atoms with Gasteiger partial charge in [0.05, 0.1) is 6.61 Å². The van der Waals surface area contributed by atoms with Gasteiger partial charge in [-0.05, 0) is 24.1 Å². The van der Waals surface area contributed by atoms with Crippen LogP contribution < -0.4 is 14.8 Å². The lowest BCUT2D eigenvalue weighted by molar-refractivity contribution is -0.137. The van der Waals surface area contributed by atoms with Crippen molar-refractivity contribution in [1.29, 1.82) is 0 Å². The molecule has 1 N–H and O–H groups in total. The van der Waals surface area contributed by atoms with Crippen molar-refractivity contribution in [2.24, 2.45) is 0 Å². The third-order valence-corrected chi connectivity index (χ3v) is 3.85. The molecular weight excluding hydrogens is 383 g/mol. The number of ether oxygens (including phenoxy) is 2. The molecule has 0 radical (unpaired) electrons. The van der Waals surface area contributed by atoms with Gasteiger partial charge in [0.2, 0.25) is 0 Å². The van der Waals surface area contributed by atoms with Crippen LogP contribution in [0, 0.1) is 0 Å². The topological polar surface area (TPSA) is 56.3 Å². The molecule has 0 amide bonds. The van der Waals surface area contributed by atoms with Crippen LogP contribution in [0.25, 0.3) is 0 Å². The van der Waals surface area contributed by atoms with Gasteiger partial charge in [-0.15, -0.1) is 0 Å². The Kier molecular flexibility index (Phi) is 6.54. The van der Waals surface area contributed by atoms with E-state index < -0.39 is 11.7 Å². The van der Waals surface area contributed by atoms with Crippen molar-refractivity contribution in [2.75, 3.05) is 11.9 Å². The minimum absolute atomic E-state index is 0.145. The van der Waals surface area contributed by atoms with Gasteiger partial charge in [-0.2, -0.15) is 18.2 Å². The second kappa shape index (κ2) is 9.27. The first-order chi connectivity index (χ1) is 14.0. The summed E-state index contributed by atoms with van der Waals surface area (Å²) >= 11 is 0. The van der Waals surface area contributed by atoms with Crippen molar-refractivity contribution < 1.29 is 22.6 Å². The molecule has 0 atom stereocenters. The van der Waals surface area contributed by atoms with Crippen molar-refractivity contribution in [3.05, 3.63) is 71.9 Å². The molecule has 0 aliphatic carbocycles. The Morgan fingerprint density at radius 1 is 1.00 bits per heavy atom. The van der Waals surface area contributed by atoms with Gasteiger partial charge in [0, 0.05) is 18.0 Å². The van der Waals surface area contributed by atoms with Gasteiger partial charge in [0.15, 0.2) is 0 Å². The molecule has 0 spiro atoms. The number of nitrogens with one attached hydrogen (secondary N) is 1.